The van der Waals surface area contributed by atoms with Crippen LogP contribution in [-0.2, 0) is 14.2 Å². The van der Waals surface area contributed by atoms with E-state index in [0.717, 1.165) is 7.11 Å². The predicted molar refractivity (Wildman–Crippen MR) is 68.3 cm³/mol. The van der Waals surface area contributed by atoms with Crippen LogP contribution in [0.25, 0.3) is 0 Å². The molecule has 23 heavy (non-hydrogen) atoms. The largest absolute Gasteiger partial charge is 0.394 e. The van der Waals surface area contributed by atoms with Gasteiger partial charge in [0.2, 0.25) is 0 Å². The van der Waals surface area contributed by atoms with Crippen molar-refractivity contribution in [3.63, 3.8) is 0 Å². The maximum Gasteiger partial charge on any atom is 0.272 e. The third-order valence-electron chi connectivity index (χ3n) is 3.40. The molecule has 1 rings (SSSR count). The molecule has 0 radical (unpaired) electrons. The monoisotopic (exact) mass is 322 g/mol. The summed E-state index contributed by atoms with van der Waals surface area (Å²) in [5.74, 6) is -1.75. The van der Waals surface area contributed by atoms with Crippen LogP contribution < -0.4 is 0 Å². The molecule has 0 aromatic carbocycles. The number of methoxy groups -OCH3 is 1. The molecule has 122 valence electrons. The van der Waals surface area contributed by atoms with Crippen LogP contribution in [0.15, 0.2) is 0 Å². The molecule has 1 aliphatic rings. The van der Waals surface area contributed by atoms with E-state index in [4.69, 9.17) is 29.8 Å². The summed E-state index contributed by atoms with van der Waals surface area (Å²) in [6.07, 6.45) is -7.19. The quantitative estimate of drug-likeness (QED) is 0.506. The lowest BCUT2D eigenvalue weighted by Crippen LogP contribution is -2.61. The highest BCUT2D eigenvalue weighted by molar-refractivity contribution is 5.30. The Balaban J connectivity index is 3.17. The maximum absolute atomic E-state index is 9.96. The van der Waals surface area contributed by atoms with E-state index in [2.05, 4.69) is 0 Å². The van der Waals surface area contributed by atoms with Crippen molar-refractivity contribution in [2.45, 2.75) is 36.3 Å². The van der Waals surface area contributed by atoms with Crippen LogP contribution in [0.3, 0.4) is 0 Å². The minimum absolute atomic E-state index is 0.680. The number of aliphatic hydroxyl groups excluding tert-OH is 3. The fraction of sp³-hybridized carbons (Fsp3) is 0.692. The van der Waals surface area contributed by atoms with Crippen molar-refractivity contribution in [1.29, 1.82) is 21.0 Å². The van der Waals surface area contributed by atoms with Gasteiger partial charge in [0, 0.05) is 7.11 Å². The van der Waals surface area contributed by atoms with Gasteiger partial charge in [0.15, 0.2) is 12.2 Å². The molecule has 0 saturated carbocycles. The van der Waals surface area contributed by atoms with Crippen molar-refractivity contribution >= 4 is 0 Å². The van der Waals surface area contributed by atoms with Crippen molar-refractivity contribution in [2.24, 2.45) is 5.92 Å². The van der Waals surface area contributed by atoms with Crippen LogP contribution in [-0.4, -0.2) is 65.3 Å². The molecular weight excluding hydrogens is 308 g/mol. The van der Waals surface area contributed by atoms with Gasteiger partial charge in [-0.25, -0.2) is 0 Å². The van der Waals surface area contributed by atoms with Crippen LogP contribution in [0.1, 0.15) is 0 Å². The average molecular weight is 322 g/mol. The Hall–Kier alpha value is -2.28. The van der Waals surface area contributed by atoms with Gasteiger partial charge in [-0.3, -0.25) is 0 Å². The maximum atomic E-state index is 9.96. The zero-order valence-corrected chi connectivity index (χ0v) is 12.0. The van der Waals surface area contributed by atoms with Gasteiger partial charge in [0.1, 0.15) is 36.6 Å². The zero-order valence-electron chi connectivity index (χ0n) is 12.0. The summed E-state index contributed by atoms with van der Waals surface area (Å²) in [5.41, 5.74) is -2.49. The zero-order chi connectivity index (χ0) is 17.6. The molecule has 0 aliphatic carbocycles. The molecule has 1 fully saturated rings. The number of ether oxygens (including phenoxy) is 3. The SMILES string of the molecule is CO[C@H]1C(OC(C#N)(C#N)C(C#N)C#N)O[C@H](CO)[C@@H](O)[C@@H]1O. The van der Waals surface area contributed by atoms with E-state index in [1.165, 1.54) is 24.3 Å². The van der Waals surface area contributed by atoms with Crippen molar-refractivity contribution in [2.75, 3.05) is 13.7 Å². The van der Waals surface area contributed by atoms with Crippen molar-refractivity contribution in [1.82, 2.24) is 0 Å². The van der Waals surface area contributed by atoms with Gasteiger partial charge in [-0.05, 0) is 0 Å². The molecule has 0 amide bonds. The number of hydrogen-bond donors (Lipinski definition) is 3. The Morgan fingerprint density at radius 3 is 2.09 bits per heavy atom. The summed E-state index contributed by atoms with van der Waals surface area (Å²) in [6, 6.07) is 5.84. The Bertz CT molecular complexity index is 557. The Labute approximate surface area is 131 Å². The minimum atomic E-state index is -2.49. The summed E-state index contributed by atoms with van der Waals surface area (Å²) < 4.78 is 15.3. The molecular formula is C13H14N4O6. The molecule has 0 spiro atoms. The lowest BCUT2D eigenvalue weighted by Gasteiger charge is -2.42. The smallest absolute Gasteiger partial charge is 0.272 e. The van der Waals surface area contributed by atoms with E-state index < -0.39 is 48.8 Å². The summed E-state index contributed by atoms with van der Waals surface area (Å²) in [7, 11) is 1.16. The second-order valence-corrected chi connectivity index (χ2v) is 4.68. The topological polar surface area (TPSA) is 184 Å². The molecule has 1 aliphatic heterocycles. The van der Waals surface area contributed by atoms with Gasteiger partial charge in [-0.1, -0.05) is 0 Å². The average Bonchev–Trinajstić information content (AvgIpc) is 2.57. The lowest BCUT2D eigenvalue weighted by atomic mass is 9.91. The highest BCUT2D eigenvalue weighted by atomic mass is 16.7. The number of hydrogen-bond acceptors (Lipinski definition) is 10. The first-order chi connectivity index (χ1) is 10.9. The molecule has 0 aromatic rings. The van der Waals surface area contributed by atoms with E-state index in [1.54, 1.807) is 0 Å². The molecule has 1 unspecified atom stereocenters. The van der Waals surface area contributed by atoms with Crippen LogP contribution >= 0.6 is 0 Å². The van der Waals surface area contributed by atoms with Crippen LogP contribution in [0.2, 0.25) is 0 Å². The molecule has 5 atom stereocenters. The Kier molecular flexibility index (Phi) is 6.38. The van der Waals surface area contributed by atoms with E-state index in [9.17, 15) is 20.7 Å². The molecule has 1 heterocycles. The third-order valence-corrected chi connectivity index (χ3v) is 3.40. The molecule has 0 aromatic heterocycles. The second kappa shape index (κ2) is 7.82. The van der Waals surface area contributed by atoms with E-state index >= 15 is 0 Å². The van der Waals surface area contributed by atoms with Crippen molar-refractivity contribution in [3.05, 3.63) is 0 Å². The number of nitriles is 4. The van der Waals surface area contributed by atoms with Crippen LogP contribution in [0, 0.1) is 51.2 Å². The Morgan fingerprint density at radius 2 is 1.70 bits per heavy atom. The van der Waals surface area contributed by atoms with Crippen molar-refractivity contribution < 1.29 is 29.5 Å². The first kappa shape index (κ1) is 18.8. The van der Waals surface area contributed by atoms with Gasteiger partial charge in [-0.2, -0.15) is 21.0 Å². The standard InChI is InChI=1S/C13H14N4O6/c1-21-11-10(20)9(19)8(4-18)22-12(11)23-13(5-16,6-17)7(2-14)3-15/h7-12,18-20H,4H2,1H3/t8-,9-,10+,11-,12?/m1/s1. The fourth-order valence-corrected chi connectivity index (χ4v) is 2.07. The highest BCUT2D eigenvalue weighted by Gasteiger charge is 2.51. The number of nitrogens with zero attached hydrogens (tertiary/aromatic N) is 4. The normalized spacial score (nSPS) is 30.7. The van der Waals surface area contributed by atoms with Crippen LogP contribution in [0.5, 0.6) is 0 Å². The van der Waals surface area contributed by atoms with Crippen molar-refractivity contribution in [3.8, 4) is 24.3 Å². The predicted octanol–water partition coefficient (Wildman–Crippen LogP) is -2.09. The number of rotatable bonds is 5. The molecule has 1 saturated heterocycles. The van der Waals surface area contributed by atoms with Gasteiger partial charge >= 0.3 is 0 Å². The van der Waals surface area contributed by atoms with Gasteiger partial charge in [0.25, 0.3) is 5.60 Å². The lowest BCUT2D eigenvalue weighted by molar-refractivity contribution is -0.320. The molecule has 10 heteroatoms. The van der Waals surface area contributed by atoms with Gasteiger partial charge < -0.3 is 29.5 Å². The highest BCUT2D eigenvalue weighted by Crippen LogP contribution is 2.30. The van der Waals surface area contributed by atoms with E-state index in [0.29, 0.717) is 0 Å². The third kappa shape index (κ3) is 3.39. The molecule has 10 nitrogen and oxygen atoms in total. The minimum Gasteiger partial charge on any atom is -0.394 e. The van der Waals surface area contributed by atoms with Gasteiger partial charge in [0.05, 0.1) is 18.7 Å². The summed E-state index contributed by atoms with van der Waals surface area (Å²) in [5, 5.41) is 65.1. The first-order valence-electron chi connectivity index (χ1n) is 6.39. The van der Waals surface area contributed by atoms with E-state index in [1.807, 2.05) is 0 Å². The molecule has 0 bridgehead atoms. The second-order valence-electron chi connectivity index (χ2n) is 4.68. The summed E-state index contributed by atoms with van der Waals surface area (Å²) in [4.78, 5) is 0. The first-order valence-corrected chi connectivity index (χ1v) is 6.39. The summed E-state index contributed by atoms with van der Waals surface area (Å²) >= 11 is 0. The van der Waals surface area contributed by atoms with Crippen LogP contribution in [0.4, 0.5) is 0 Å². The fourth-order valence-electron chi connectivity index (χ4n) is 2.07. The van der Waals surface area contributed by atoms with Gasteiger partial charge in [-0.15, -0.1) is 0 Å². The molecule has 3 N–H and O–H groups in total. The summed E-state index contributed by atoms with van der Waals surface area (Å²) in [6.45, 7) is -0.680. The van der Waals surface area contributed by atoms with E-state index in [-0.39, 0.29) is 0 Å². The Morgan fingerprint density at radius 1 is 1.13 bits per heavy atom. The number of aliphatic hydroxyl groups is 3.